The Morgan fingerprint density at radius 1 is 1.21 bits per heavy atom. The number of rotatable bonds is 6. The van der Waals surface area contributed by atoms with Crippen LogP contribution in [0.5, 0.6) is 0 Å². The average molecular weight is 261 g/mol. The lowest BCUT2D eigenvalue weighted by atomic mass is 9.94. The molecule has 1 aromatic carbocycles. The SMILES string of the molecule is CCC1CCN(CCCC(O)c2ccccc2)CC1. The molecule has 1 atom stereocenters. The van der Waals surface area contributed by atoms with Gasteiger partial charge in [-0.15, -0.1) is 0 Å². The van der Waals surface area contributed by atoms with E-state index in [4.69, 9.17) is 0 Å². The lowest BCUT2D eigenvalue weighted by Crippen LogP contribution is -2.34. The van der Waals surface area contributed by atoms with E-state index in [0.717, 1.165) is 30.9 Å². The van der Waals surface area contributed by atoms with Crippen LogP contribution < -0.4 is 0 Å². The second kappa shape index (κ2) is 7.66. The summed E-state index contributed by atoms with van der Waals surface area (Å²) >= 11 is 0. The number of hydrogen-bond donors (Lipinski definition) is 1. The molecular weight excluding hydrogens is 234 g/mol. The van der Waals surface area contributed by atoms with E-state index in [2.05, 4.69) is 11.8 Å². The predicted octanol–water partition coefficient (Wildman–Crippen LogP) is 3.62. The smallest absolute Gasteiger partial charge is 0.0790 e. The first-order valence-corrected chi connectivity index (χ1v) is 7.75. The zero-order valence-corrected chi connectivity index (χ0v) is 12.1. The van der Waals surface area contributed by atoms with Gasteiger partial charge < -0.3 is 10.0 Å². The molecule has 1 aromatic rings. The summed E-state index contributed by atoms with van der Waals surface area (Å²) in [5, 5.41) is 10.1. The second-order valence-electron chi connectivity index (χ2n) is 5.76. The van der Waals surface area contributed by atoms with Gasteiger partial charge in [0.2, 0.25) is 0 Å². The normalized spacial score (nSPS) is 19.5. The Morgan fingerprint density at radius 3 is 2.53 bits per heavy atom. The first-order chi connectivity index (χ1) is 9.29. The van der Waals surface area contributed by atoms with Crippen LogP contribution in [-0.4, -0.2) is 29.6 Å². The number of aliphatic hydroxyl groups excluding tert-OH is 1. The number of nitrogens with zero attached hydrogens (tertiary/aromatic N) is 1. The summed E-state index contributed by atoms with van der Waals surface area (Å²) in [6, 6.07) is 10.0. The fourth-order valence-electron chi connectivity index (χ4n) is 2.97. The van der Waals surface area contributed by atoms with Crippen molar-refractivity contribution in [2.45, 2.75) is 45.1 Å². The van der Waals surface area contributed by atoms with Crippen molar-refractivity contribution in [1.82, 2.24) is 4.90 Å². The Balaban J connectivity index is 1.64. The third kappa shape index (κ3) is 4.63. The highest BCUT2D eigenvalue weighted by Crippen LogP contribution is 2.22. The van der Waals surface area contributed by atoms with Crippen LogP contribution >= 0.6 is 0 Å². The molecule has 1 fully saturated rings. The summed E-state index contributed by atoms with van der Waals surface area (Å²) in [5.41, 5.74) is 1.05. The maximum absolute atomic E-state index is 10.1. The molecule has 1 aliphatic heterocycles. The van der Waals surface area contributed by atoms with Gasteiger partial charge in [-0.2, -0.15) is 0 Å². The van der Waals surface area contributed by atoms with Gasteiger partial charge in [-0.3, -0.25) is 0 Å². The molecule has 19 heavy (non-hydrogen) atoms. The molecule has 0 aliphatic carbocycles. The first kappa shape index (κ1) is 14.5. The van der Waals surface area contributed by atoms with Gasteiger partial charge in [-0.25, -0.2) is 0 Å². The van der Waals surface area contributed by atoms with Crippen LogP contribution in [0.4, 0.5) is 0 Å². The van der Waals surface area contributed by atoms with Crippen molar-refractivity contribution in [2.75, 3.05) is 19.6 Å². The molecule has 0 saturated carbocycles. The highest BCUT2D eigenvalue weighted by Gasteiger charge is 2.17. The van der Waals surface area contributed by atoms with E-state index in [0.29, 0.717) is 0 Å². The van der Waals surface area contributed by atoms with Crippen LogP contribution in [0.2, 0.25) is 0 Å². The van der Waals surface area contributed by atoms with Gasteiger partial charge in [0.1, 0.15) is 0 Å². The number of benzene rings is 1. The predicted molar refractivity (Wildman–Crippen MR) is 80.1 cm³/mol. The van der Waals surface area contributed by atoms with E-state index in [1.165, 1.54) is 32.4 Å². The highest BCUT2D eigenvalue weighted by atomic mass is 16.3. The lowest BCUT2D eigenvalue weighted by molar-refractivity contribution is 0.142. The molecule has 0 bridgehead atoms. The van der Waals surface area contributed by atoms with Gasteiger partial charge in [-0.05, 0) is 56.8 Å². The molecule has 1 unspecified atom stereocenters. The molecule has 2 heteroatoms. The van der Waals surface area contributed by atoms with Crippen molar-refractivity contribution in [1.29, 1.82) is 0 Å². The fraction of sp³-hybridized carbons (Fsp3) is 0.647. The molecule has 0 radical (unpaired) electrons. The summed E-state index contributed by atoms with van der Waals surface area (Å²) in [5.74, 6) is 0.950. The minimum atomic E-state index is -0.297. The van der Waals surface area contributed by atoms with Crippen LogP contribution in [0.1, 0.15) is 50.7 Å². The summed E-state index contributed by atoms with van der Waals surface area (Å²) in [4.78, 5) is 2.56. The standard InChI is InChI=1S/C17H27NO/c1-2-15-10-13-18(14-11-15)12-6-9-17(19)16-7-4-3-5-8-16/h3-5,7-8,15,17,19H,2,6,9-14H2,1H3. The Bertz CT molecular complexity index is 344. The van der Waals surface area contributed by atoms with Crippen molar-refractivity contribution in [2.24, 2.45) is 5.92 Å². The molecule has 0 amide bonds. The van der Waals surface area contributed by atoms with E-state index in [1.807, 2.05) is 30.3 Å². The van der Waals surface area contributed by atoms with Crippen molar-refractivity contribution in [3.63, 3.8) is 0 Å². The molecular formula is C17H27NO. The molecule has 0 aromatic heterocycles. The van der Waals surface area contributed by atoms with Crippen LogP contribution in [0, 0.1) is 5.92 Å². The van der Waals surface area contributed by atoms with Crippen molar-refractivity contribution < 1.29 is 5.11 Å². The molecule has 1 aliphatic rings. The second-order valence-corrected chi connectivity index (χ2v) is 5.76. The molecule has 0 spiro atoms. The molecule has 2 rings (SSSR count). The van der Waals surface area contributed by atoms with Crippen molar-refractivity contribution >= 4 is 0 Å². The average Bonchev–Trinajstić information content (AvgIpc) is 2.49. The summed E-state index contributed by atoms with van der Waals surface area (Å²) in [6.07, 6.45) is 5.72. The monoisotopic (exact) mass is 261 g/mol. The summed E-state index contributed by atoms with van der Waals surface area (Å²) in [7, 11) is 0. The van der Waals surface area contributed by atoms with Crippen molar-refractivity contribution in [3.8, 4) is 0 Å². The van der Waals surface area contributed by atoms with E-state index < -0.39 is 0 Å². The Morgan fingerprint density at radius 2 is 1.89 bits per heavy atom. The highest BCUT2D eigenvalue weighted by molar-refractivity contribution is 5.16. The number of aliphatic hydroxyl groups is 1. The van der Waals surface area contributed by atoms with Crippen LogP contribution in [0.15, 0.2) is 30.3 Å². The van der Waals surface area contributed by atoms with E-state index in [9.17, 15) is 5.11 Å². The van der Waals surface area contributed by atoms with Crippen LogP contribution in [-0.2, 0) is 0 Å². The zero-order chi connectivity index (χ0) is 13.5. The number of likely N-dealkylation sites (tertiary alicyclic amines) is 1. The Hall–Kier alpha value is -0.860. The zero-order valence-electron chi connectivity index (χ0n) is 12.1. The van der Waals surface area contributed by atoms with Gasteiger partial charge in [0.25, 0.3) is 0 Å². The summed E-state index contributed by atoms with van der Waals surface area (Å²) in [6.45, 7) is 5.94. The minimum absolute atomic E-state index is 0.297. The van der Waals surface area contributed by atoms with Gasteiger partial charge >= 0.3 is 0 Å². The van der Waals surface area contributed by atoms with Gasteiger partial charge in [0, 0.05) is 0 Å². The molecule has 1 N–H and O–H groups in total. The Kier molecular flexibility index (Phi) is 5.87. The van der Waals surface area contributed by atoms with E-state index >= 15 is 0 Å². The topological polar surface area (TPSA) is 23.5 Å². The molecule has 106 valence electrons. The first-order valence-electron chi connectivity index (χ1n) is 7.75. The lowest BCUT2D eigenvalue weighted by Gasteiger charge is -2.31. The Labute approximate surface area is 117 Å². The van der Waals surface area contributed by atoms with E-state index in [1.54, 1.807) is 0 Å². The van der Waals surface area contributed by atoms with Crippen molar-refractivity contribution in [3.05, 3.63) is 35.9 Å². The number of piperidine rings is 1. The third-order valence-corrected chi connectivity index (χ3v) is 4.42. The largest absolute Gasteiger partial charge is 0.388 e. The van der Waals surface area contributed by atoms with Crippen LogP contribution in [0.25, 0.3) is 0 Å². The third-order valence-electron chi connectivity index (χ3n) is 4.42. The van der Waals surface area contributed by atoms with E-state index in [-0.39, 0.29) is 6.10 Å². The molecule has 1 saturated heterocycles. The maximum Gasteiger partial charge on any atom is 0.0790 e. The molecule has 2 nitrogen and oxygen atoms in total. The van der Waals surface area contributed by atoms with Gasteiger partial charge in [0.15, 0.2) is 0 Å². The fourth-order valence-corrected chi connectivity index (χ4v) is 2.97. The number of hydrogen-bond acceptors (Lipinski definition) is 2. The molecule has 1 heterocycles. The minimum Gasteiger partial charge on any atom is -0.388 e. The maximum atomic E-state index is 10.1. The van der Waals surface area contributed by atoms with Gasteiger partial charge in [0.05, 0.1) is 6.10 Å². The van der Waals surface area contributed by atoms with Crippen LogP contribution in [0.3, 0.4) is 0 Å². The summed E-state index contributed by atoms with van der Waals surface area (Å²) < 4.78 is 0. The quantitative estimate of drug-likeness (QED) is 0.845. The van der Waals surface area contributed by atoms with Gasteiger partial charge in [-0.1, -0.05) is 43.7 Å².